The number of esters is 1. The fourth-order valence-corrected chi connectivity index (χ4v) is 1.30. The molecule has 0 aromatic heterocycles. The highest BCUT2D eigenvalue weighted by Gasteiger charge is 2.31. The van der Waals surface area contributed by atoms with E-state index < -0.39 is 18.1 Å². The molecule has 19 heavy (non-hydrogen) atoms. The van der Waals surface area contributed by atoms with Crippen molar-refractivity contribution in [2.75, 3.05) is 7.11 Å². The number of halogens is 3. The monoisotopic (exact) mass is 276 g/mol. The summed E-state index contributed by atoms with van der Waals surface area (Å²) < 4.78 is 43.8. The zero-order valence-corrected chi connectivity index (χ0v) is 9.99. The fraction of sp³-hybridized carbons (Fsp3) is 0.333. The van der Waals surface area contributed by atoms with Gasteiger partial charge in [-0.25, -0.2) is 0 Å². The first-order valence-electron chi connectivity index (χ1n) is 5.27. The van der Waals surface area contributed by atoms with Crippen LogP contribution in [0.25, 0.3) is 0 Å². The van der Waals surface area contributed by atoms with Gasteiger partial charge in [0.2, 0.25) is 0 Å². The van der Waals surface area contributed by atoms with Crippen LogP contribution in [-0.2, 0) is 9.53 Å². The lowest BCUT2D eigenvalue weighted by atomic mass is 10.1. The van der Waals surface area contributed by atoms with Gasteiger partial charge in [0.25, 0.3) is 0 Å². The molecular weight excluding hydrogens is 265 g/mol. The molecule has 0 atom stereocenters. The number of carbonyl (C=O) groups is 2. The first kappa shape index (κ1) is 15.0. The van der Waals surface area contributed by atoms with E-state index in [2.05, 4.69) is 9.47 Å². The van der Waals surface area contributed by atoms with Crippen molar-refractivity contribution in [2.24, 2.45) is 0 Å². The molecule has 0 aliphatic heterocycles. The summed E-state index contributed by atoms with van der Waals surface area (Å²) >= 11 is 0. The molecule has 0 unspecified atom stereocenters. The third-order valence-corrected chi connectivity index (χ3v) is 2.19. The van der Waals surface area contributed by atoms with E-state index in [0.717, 1.165) is 12.1 Å². The van der Waals surface area contributed by atoms with E-state index in [-0.39, 0.29) is 24.2 Å². The van der Waals surface area contributed by atoms with Gasteiger partial charge >= 0.3 is 12.3 Å². The van der Waals surface area contributed by atoms with E-state index in [0.29, 0.717) is 0 Å². The number of ether oxygens (including phenoxy) is 2. The summed E-state index contributed by atoms with van der Waals surface area (Å²) in [5, 5.41) is 0. The fourth-order valence-electron chi connectivity index (χ4n) is 1.30. The smallest absolute Gasteiger partial charge is 0.469 e. The first-order valence-corrected chi connectivity index (χ1v) is 5.27. The molecule has 0 saturated carbocycles. The summed E-state index contributed by atoms with van der Waals surface area (Å²) in [7, 11) is 1.20. The van der Waals surface area contributed by atoms with Gasteiger partial charge in [-0.05, 0) is 24.3 Å². The molecule has 7 heteroatoms. The molecule has 0 spiro atoms. The molecule has 0 heterocycles. The Labute approximate surface area is 107 Å². The Morgan fingerprint density at radius 2 is 1.68 bits per heavy atom. The van der Waals surface area contributed by atoms with Crippen LogP contribution in [0.15, 0.2) is 24.3 Å². The third kappa shape index (κ3) is 5.41. The Morgan fingerprint density at radius 1 is 1.11 bits per heavy atom. The van der Waals surface area contributed by atoms with E-state index >= 15 is 0 Å². The molecule has 4 nitrogen and oxygen atoms in total. The number of hydrogen-bond donors (Lipinski definition) is 0. The Hall–Kier alpha value is -2.05. The first-order chi connectivity index (χ1) is 8.81. The second-order valence-electron chi connectivity index (χ2n) is 3.57. The van der Waals surface area contributed by atoms with Gasteiger partial charge in [0, 0.05) is 12.0 Å². The van der Waals surface area contributed by atoms with Crippen LogP contribution in [0.2, 0.25) is 0 Å². The maximum atomic E-state index is 11.9. The summed E-state index contributed by atoms with van der Waals surface area (Å²) in [4.78, 5) is 22.4. The van der Waals surface area contributed by atoms with Crippen molar-refractivity contribution < 1.29 is 32.2 Å². The maximum absolute atomic E-state index is 11.9. The van der Waals surface area contributed by atoms with Crippen molar-refractivity contribution in [3.63, 3.8) is 0 Å². The number of rotatable bonds is 5. The standard InChI is InChI=1S/C12H11F3O4/c1-18-11(17)7-6-10(16)8-2-4-9(5-3-8)19-12(13,14)15/h2-5H,6-7H2,1H3. The zero-order chi connectivity index (χ0) is 14.5. The van der Waals surface area contributed by atoms with E-state index in [1.54, 1.807) is 0 Å². The van der Waals surface area contributed by atoms with Crippen LogP contribution in [0.3, 0.4) is 0 Å². The highest BCUT2D eigenvalue weighted by Crippen LogP contribution is 2.23. The summed E-state index contributed by atoms with van der Waals surface area (Å²) in [6.45, 7) is 0. The van der Waals surface area contributed by atoms with Crippen molar-refractivity contribution in [1.82, 2.24) is 0 Å². The zero-order valence-electron chi connectivity index (χ0n) is 9.99. The minimum Gasteiger partial charge on any atom is -0.469 e. The van der Waals surface area contributed by atoms with Crippen LogP contribution in [0.1, 0.15) is 23.2 Å². The van der Waals surface area contributed by atoms with Crippen molar-refractivity contribution >= 4 is 11.8 Å². The minimum absolute atomic E-state index is 0.0633. The van der Waals surface area contributed by atoms with Gasteiger partial charge in [-0.15, -0.1) is 13.2 Å². The summed E-state index contributed by atoms with van der Waals surface area (Å²) in [6, 6.07) is 4.50. The molecule has 0 N–H and O–H groups in total. The van der Waals surface area contributed by atoms with Gasteiger partial charge in [0.15, 0.2) is 5.78 Å². The number of hydrogen-bond acceptors (Lipinski definition) is 4. The predicted octanol–water partition coefficient (Wildman–Crippen LogP) is 2.72. The highest BCUT2D eigenvalue weighted by atomic mass is 19.4. The van der Waals surface area contributed by atoms with Gasteiger partial charge in [0.1, 0.15) is 5.75 Å². The van der Waals surface area contributed by atoms with E-state index in [4.69, 9.17) is 0 Å². The number of alkyl halides is 3. The van der Waals surface area contributed by atoms with Gasteiger partial charge < -0.3 is 9.47 Å². The second-order valence-corrected chi connectivity index (χ2v) is 3.57. The van der Waals surface area contributed by atoms with Gasteiger partial charge in [-0.2, -0.15) is 0 Å². The van der Waals surface area contributed by atoms with Crippen LogP contribution in [-0.4, -0.2) is 25.2 Å². The summed E-state index contributed by atoms with van der Waals surface area (Å²) in [5.74, 6) is -1.29. The highest BCUT2D eigenvalue weighted by molar-refractivity contribution is 5.97. The molecule has 1 rings (SSSR count). The number of carbonyl (C=O) groups excluding carboxylic acids is 2. The lowest BCUT2D eigenvalue weighted by molar-refractivity contribution is -0.274. The lowest BCUT2D eigenvalue weighted by Crippen LogP contribution is -2.17. The molecule has 0 radical (unpaired) electrons. The molecule has 1 aromatic carbocycles. The second kappa shape index (κ2) is 6.21. The molecular formula is C12H11F3O4. The number of methoxy groups -OCH3 is 1. The van der Waals surface area contributed by atoms with Crippen molar-refractivity contribution in [3.05, 3.63) is 29.8 Å². The lowest BCUT2D eigenvalue weighted by Gasteiger charge is -2.08. The average molecular weight is 276 g/mol. The third-order valence-electron chi connectivity index (χ3n) is 2.19. The molecule has 0 saturated heterocycles. The van der Waals surface area contributed by atoms with E-state index in [1.165, 1.54) is 19.2 Å². The van der Waals surface area contributed by atoms with Gasteiger partial charge in [0.05, 0.1) is 13.5 Å². The minimum atomic E-state index is -4.77. The number of ketones is 1. The predicted molar refractivity (Wildman–Crippen MR) is 58.7 cm³/mol. The number of benzene rings is 1. The Morgan fingerprint density at radius 3 is 2.16 bits per heavy atom. The largest absolute Gasteiger partial charge is 0.573 e. The van der Waals surface area contributed by atoms with Crippen LogP contribution >= 0.6 is 0 Å². The van der Waals surface area contributed by atoms with Crippen molar-refractivity contribution in [1.29, 1.82) is 0 Å². The van der Waals surface area contributed by atoms with Crippen LogP contribution in [0, 0.1) is 0 Å². The van der Waals surface area contributed by atoms with Crippen LogP contribution in [0.4, 0.5) is 13.2 Å². The van der Waals surface area contributed by atoms with Gasteiger partial charge in [-0.3, -0.25) is 9.59 Å². The van der Waals surface area contributed by atoms with Crippen LogP contribution in [0.5, 0.6) is 5.75 Å². The molecule has 0 bridgehead atoms. The molecule has 104 valence electrons. The Bertz CT molecular complexity index is 451. The molecule has 0 fully saturated rings. The maximum Gasteiger partial charge on any atom is 0.573 e. The summed E-state index contributed by atoms with van der Waals surface area (Å²) in [6.07, 6.45) is -4.90. The molecule has 0 amide bonds. The topological polar surface area (TPSA) is 52.6 Å². The van der Waals surface area contributed by atoms with E-state index in [9.17, 15) is 22.8 Å². The van der Waals surface area contributed by atoms with Crippen molar-refractivity contribution in [3.8, 4) is 5.75 Å². The summed E-state index contributed by atoms with van der Waals surface area (Å²) in [5.41, 5.74) is 0.207. The number of Topliss-reactive ketones (excluding diaryl/α,β-unsaturated/α-hetero) is 1. The van der Waals surface area contributed by atoms with Crippen molar-refractivity contribution in [2.45, 2.75) is 19.2 Å². The molecule has 0 aliphatic rings. The quantitative estimate of drug-likeness (QED) is 0.613. The Balaban J connectivity index is 2.61. The van der Waals surface area contributed by atoms with Crippen LogP contribution < -0.4 is 4.74 Å². The molecule has 0 aliphatic carbocycles. The SMILES string of the molecule is COC(=O)CCC(=O)c1ccc(OC(F)(F)F)cc1. The van der Waals surface area contributed by atoms with Gasteiger partial charge in [-0.1, -0.05) is 0 Å². The van der Waals surface area contributed by atoms with E-state index in [1.807, 2.05) is 0 Å². The normalized spacial score (nSPS) is 10.9. The Kier molecular flexibility index (Phi) is 4.91. The average Bonchev–Trinajstić information content (AvgIpc) is 2.34. The molecule has 1 aromatic rings.